The number of hydrogen-bond acceptors (Lipinski definition) is 3. The van der Waals surface area contributed by atoms with Crippen molar-refractivity contribution in [2.24, 2.45) is 0 Å². The van der Waals surface area contributed by atoms with Crippen LogP contribution < -0.4 is 0 Å². The lowest BCUT2D eigenvalue weighted by molar-refractivity contribution is -0.130. The van der Waals surface area contributed by atoms with Gasteiger partial charge in [-0.2, -0.15) is 0 Å². The summed E-state index contributed by atoms with van der Waals surface area (Å²) in [5, 5.41) is 1.07. The van der Waals surface area contributed by atoms with Gasteiger partial charge < -0.3 is 4.90 Å². The summed E-state index contributed by atoms with van der Waals surface area (Å²) in [6.45, 7) is 1.89. The number of carbonyl (C=O) groups excluding carboxylic acids is 1. The lowest BCUT2D eigenvalue weighted by Gasteiger charge is -2.14. The number of amides is 1. The molecule has 0 saturated carbocycles. The first-order chi connectivity index (χ1) is 8.83. The maximum Gasteiger partial charge on any atom is 0.222 e. The van der Waals surface area contributed by atoms with E-state index < -0.39 is 0 Å². The Morgan fingerprint density at radius 2 is 2.06 bits per heavy atom. The van der Waals surface area contributed by atoms with Crippen LogP contribution in [0.25, 0.3) is 10.2 Å². The summed E-state index contributed by atoms with van der Waals surface area (Å²) in [6, 6.07) is 8.14. The maximum atomic E-state index is 11.9. The summed E-state index contributed by atoms with van der Waals surface area (Å²) in [5.74, 6) is 0.284. The number of fused-ring (bicyclic) bond motifs is 1. The molecule has 1 aromatic carbocycles. The Kier molecular flexibility index (Phi) is 3.28. The van der Waals surface area contributed by atoms with E-state index in [0.29, 0.717) is 6.42 Å². The van der Waals surface area contributed by atoms with Crippen LogP contribution >= 0.6 is 11.3 Å². The molecule has 2 aromatic rings. The van der Waals surface area contributed by atoms with Gasteiger partial charge in [-0.15, -0.1) is 11.3 Å². The number of benzene rings is 1. The van der Waals surface area contributed by atoms with Crippen molar-refractivity contribution in [2.75, 3.05) is 13.1 Å². The van der Waals surface area contributed by atoms with Gasteiger partial charge in [-0.25, -0.2) is 4.98 Å². The number of thiazole rings is 1. The highest BCUT2D eigenvalue weighted by Gasteiger charge is 2.17. The van der Waals surface area contributed by atoms with E-state index in [-0.39, 0.29) is 5.91 Å². The molecule has 3 rings (SSSR count). The topological polar surface area (TPSA) is 33.2 Å². The van der Waals surface area contributed by atoms with Crippen LogP contribution in [0.3, 0.4) is 0 Å². The number of carbonyl (C=O) groups is 1. The van der Waals surface area contributed by atoms with Crippen LogP contribution in [0, 0.1) is 0 Å². The number of aromatic nitrogens is 1. The minimum atomic E-state index is 0.284. The zero-order valence-electron chi connectivity index (χ0n) is 10.3. The van der Waals surface area contributed by atoms with Gasteiger partial charge in [0.05, 0.1) is 15.2 Å². The summed E-state index contributed by atoms with van der Waals surface area (Å²) in [7, 11) is 0. The SMILES string of the molecule is O=C(CCc1nc2ccccc2s1)N1CCCC1. The quantitative estimate of drug-likeness (QED) is 0.850. The molecule has 1 saturated heterocycles. The zero-order chi connectivity index (χ0) is 12.4. The first kappa shape index (κ1) is 11.7. The molecule has 2 heterocycles. The molecule has 0 aliphatic carbocycles. The van der Waals surface area contributed by atoms with Crippen LogP contribution in [0.4, 0.5) is 0 Å². The molecule has 1 fully saturated rings. The van der Waals surface area contributed by atoms with E-state index in [1.807, 2.05) is 23.1 Å². The molecule has 1 aliphatic heterocycles. The van der Waals surface area contributed by atoms with Crippen LogP contribution in [0.15, 0.2) is 24.3 Å². The molecule has 0 N–H and O–H groups in total. The molecule has 4 heteroatoms. The predicted octanol–water partition coefficient (Wildman–Crippen LogP) is 2.85. The highest BCUT2D eigenvalue weighted by Crippen LogP contribution is 2.22. The lowest BCUT2D eigenvalue weighted by Crippen LogP contribution is -2.27. The van der Waals surface area contributed by atoms with Crippen molar-refractivity contribution in [2.45, 2.75) is 25.7 Å². The smallest absolute Gasteiger partial charge is 0.222 e. The standard InChI is InChI=1S/C14H16N2OS/c17-14(16-9-3-4-10-16)8-7-13-15-11-5-1-2-6-12(11)18-13/h1-2,5-6H,3-4,7-10H2. The normalized spacial score (nSPS) is 15.4. The minimum Gasteiger partial charge on any atom is -0.343 e. The second kappa shape index (κ2) is 5.06. The number of aryl methyl sites for hydroxylation is 1. The van der Waals surface area contributed by atoms with E-state index in [4.69, 9.17) is 0 Å². The van der Waals surface area contributed by atoms with Crippen LogP contribution in [0.5, 0.6) is 0 Å². The summed E-state index contributed by atoms with van der Waals surface area (Å²) >= 11 is 1.70. The van der Waals surface area contributed by atoms with Gasteiger partial charge in [-0.3, -0.25) is 4.79 Å². The van der Waals surface area contributed by atoms with Gasteiger partial charge in [0.25, 0.3) is 0 Å². The molecule has 1 amide bonds. The van der Waals surface area contributed by atoms with Crippen molar-refractivity contribution in [1.82, 2.24) is 9.88 Å². The molecule has 1 aromatic heterocycles. The number of hydrogen-bond donors (Lipinski definition) is 0. The summed E-state index contributed by atoms with van der Waals surface area (Å²) in [5.41, 5.74) is 1.05. The summed E-state index contributed by atoms with van der Waals surface area (Å²) < 4.78 is 1.21. The largest absolute Gasteiger partial charge is 0.343 e. The Balaban J connectivity index is 1.63. The number of likely N-dealkylation sites (tertiary alicyclic amines) is 1. The molecule has 18 heavy (non-hydrogen) atoms. The molecule has 0 atom stereocenters. The molecule has 3 nitrogen and oxygen atoms in total. The third-order valence-corrected chi connectivity index (χ3v) is 4.45. The number of nitrogens with zero attached hydrogens (tertiary/aromatic N) is 2. The van der Waals surface area contributed by atoms with Crippen LogP contribution in [0.2, 0.25) is 0 Å². The molecule has 94 valence electrons. The van der Waals surface area contributed by atoms with Crippen molar-refractivity contribution in [1.29, 1.82) is 0 Å². The average molecular weight is 260 g/mol. The number of para-hydroxylation sites is 1. The molecule has 1 aliphatic rings. The average Bonchev–Trinajstić information content (AvgIpc) is 3.04. The summed E-state index contributed by atoms with van der Waals surface area (Å²) in [4.78, 5) is 18.5. The monoisotopic (exact) mass is 260 g/mol. The van der Waals surface area contributed by atoms with Gasteiger partial charge in [-0.05, 0) is 25.0 Å². The van der Waals surface area contributed by atoms with Crippen molar-refractivity contribution in [3.05, 3.63) is 29.3 Å². The second-order valence-corrected chi connectivity index (χ2v) is 5.78. The first-order valence-corrected chi connectivity index (χ1v) is 7.27. The lowest BCUT2D eigenvalue weighted by atomic mass is 10.3. The Morgan fingerprint density at radius 3 is 2.83 bits per heavy atom. The molecular formula is C14H16N2OS. The van der Waals surface area contributed by atoms with Crippen LogP contribution in [-0.4, -0.2) is 28.9 Å². The Hall–Kier alpha value is -1.42. The van der Waals surface area contributed by atoms with Crippen molar-refractivity contribution in [3.8, 4) is 0 Å². The molecule has 0 radical (unpaired) electrons. The first-order valence-electron chi connectivity index (χ1n) is 6.45. The van der Waals surface area contributed by atoms with Gasteiger partial charge in [0.1, 0.15) is 0 Å². The zero-order valence-corrected chi connectivity index (χ0v) is 11.1. The van der Waals surface area contributed by atoms with Crippen LogP contribution in [0.1, 0.15) is 24.3 Å². The fourth-order valence-electron chi connectivity index (χ4n) is 2.37. The predicted molar refractivity (Wildman–Crippen MR) is 73.8 cm³/mol. The van der Waals surface area contributed by atoms with Crippen molar-refractivity contribution < 1.29 is 4.79 Å². The van der Waals surface area contributed by atoms with E-state index in [1.165, 1.54) is 4.70 Å². The fraction of sp³-hybridized carbons (Fsp3) is 0.429. The number of rotatable bonds is 3. The van der Waals surface area contributed by atoms with Crippen molar-refractivity contribution >= 4 is 27.5 Å². The highest BCUT2D eigenvalue weighted by molar-refractivity contribution is 7.18. The minimum absolute atomic E-state index is 0.284. The van der Waals surface area contributed by atoms with E-state index in [0.717, 1.165) is 42.9 Å². The van der Waals surface area contributed by atoms with E-state index in [9.17, 15) is 4.79 Å². The molecule has 0 bridgehead atoms. The van der Waals surface area contributed by atoms with Gasteiger partial charge in [0.15, 0.2) is 0 Å². The molecule has 0 unspecified atom stereocenters. The third kappa shape index (κ3) is 2.38. The molecular weight excluding hydrogens is 244 g/mol. The Labute approximate surface area is 110 Å². The highest BCUT2D eigenvalue weighted by atomic mass is 32.1. The molecule has 0 spiro atoms. The van der Waals surface area contributed by atoms with Crippen molar-refractivity contribution in [3.63, 3.8) is 0 Å². The summed E-state index contributed by atoms with van der Waals surface area (Å²) in [6.07, 6.45) is 3.69. The van der Waals surface area contributed by atoms with Gasteiger partial charge in [0, 0.05) is 25.9 Å². The van der Waals surface area contributed by atoms with Gasteiger partial charge in [-0.1, -0.05) is 12.1 Å². The second-order valence-electron chi connectivity index (χ2n) is 4.66. The maximum absolute atomic E-state index is 11.9. The fourth-order valence-corrected chi connectivity index (χ4v) is 3.33. The Morgan fingerprint density at radius 1 is 1.28 bits per heavy atom. The van der Waals surface area contributed by atoms with Gasteiger partial charge in [0.2, 0.25) is 5.91 Å². The Bertz CT molecular complexity index is 525. The van der Waals surface area contributed by atoms with E-state index in [1.54, 1.807) is 11.3 Å². The third-order valence-electron chi connectivity index (χ3n) is 3.35. The van der Waals surface area contributed by atoms with E-state index >= 15 is 0 Å². The van der Waals surface area contributed by atoms with Crippen LogP contribution in [-0.2, 0) is 11.2 Å². The van der Waals surface area contributed by atoms with Gasteiger partial charge >= 0.3 is 0 Å². The van der Waals surface area contributed by atoms with E-state index in [2.05, 4.69) is 11.1 Å².